The molecule has 5 nitrogen and oxygen atoms in total. The van der Waals surface area contributed by atoms with Crippen LogP contribution in [0.5, 0.6) is 5.88 Å². The Labute approximate surface area is 150 Å². The van der Waals surface area contributed by atoms with E-state index in [0.29, 0.717) is 5.92 Å². The van der Waals surface area contributed by atoms with Crippen LogP contribution in [-0.2, 0) is 10.1 Å². The first-order valence-corrected chi connectivity index (χ1v) is 11.3. The average molecular weight is 362 g/mol. The van der Waals surface area contributed by atoms with Crippen molar-refractivity contribution in [2.45, 2.75) is 43.0 Å². The summed E-state index contributed by atoms with van der Waals surface area (Å²) in [5.41, 5.74) is 1.14. The number of nitrogens with zero attached hydrogens (tertiary/aromatic N) is 2. The highest BCUT2D eigenvalue weighted by molar-refractivity contribution is 8.00. The zero-order chi connectivity index (χ0) is 17.6. The first-order valence-electron chi connectivity index (χ1n) is 9.16. The monoisotopic (exact) mass is 361 g/mol. The van der Waals surface area contributed by atoms with Gasteiger partial charge in [0.25, 0.3) is 0 Å². The normalized spacial score (nSPS) is 23.5. The number of thiol groups is 1. The van der Waals surface area contributed by atoms with Gasteiger partial charge in [-0.25, -0.2) is 9.29 Å². The molecule has 1 atom stereocenters. The van der Waals surface area contributed by atoms with Gasteiger partial charge in [0.15, 0.2) is 0 Å². The number of nitrogens with one attached hydrogen (secondary N) is 1. The van der Waals surface area contributed by atoms with Crippen molar-refractivity contribution in [1.29, 1.82) is 0 Å². The summed E-state index contributed by atoms with van der Waals surface area (Å²) in [5, 5.41) is 15.4. The van der Waals surface area contributed by atoms with Gasteiger partial charge in [0.2, 0.25) is 5.88 Å². The van der Waals surface area contributed by atoms with Gasteiger partial charge in [0.1, 0.15) is 0 Å². The van der Waals surface area contributed by atoms with Crippen molar-refractivity contribution in [3.8, 4) is 5.88 Å². The first kappa shape index (κ1) is 16.9. The van der Waals surface area contributed by atoms with Crippen molar-refractivity contribution in [2.75, 3.05) is 25.9 Å². The Kier molecular flexibility index (Phi) is 4.30. The lowest BCUT2D eigenvalue weighted by atomic mass is 10.0. The quantitative estimate of drug-likeness (QED) is 0.735. The van der Waals surface area contributed by atoms with Gasteiger partial charge in [0, 0.05) is 47.3 Å². The smallest absolute Gasteiger partial charge is 0.218 e. The number of hydrogen-bond donors (Lipinski definition) is 3. The lowest BCUT2D eigenvalue weighted by Crippen LogP contribution is -2.45. The van der Waals surface area contributed by atoms with Crippen LogP contribution in [0.25, 0.3) is 10.8 Å². The minimum absolute atomic E-state index is 0.0341. The van der Waals surface area contributed by atoms with Gasteiger partial charge < -0.3 is 10.4 Å². The van der Waals surface area contributed by atoms with Gasteiger partial charge in [0.05, 0.1) is 0 Å². The zero-order valence-electron chi connectivity index (χ0n) is 14.9. The van der Waals surface area contributed by atoms with Crippen LogP contribution in [0, 0.1) is 0 Å². The molecular formula is C19H27N3O2S. The Morgan fingerprint density at radius 1 is 1.36 bits per heavy atom. The molecule has 0 bridgehead atoms. The first-order chi connectivity index (χ1) is 12.0. The summed E-state index contributed by atoms with van der Waals surface area (Å²) in [6.07, 6.45) is 6.96. The van der Waals surface area contributed by atoms with E-state index in [2.05, 4.69) is 21.5 Å². The number of aromatic hydroxyl groups is 1. The highest BCUT2D eigenvalue weighted by Gasteiger charge is 2.32. The van der Waals surface area contributed by atoms with Crippen molar-refractivity contribution in [3.05, 3.63) is 30.0 Å². The predicted molar refractivity (Wildman–Crippen MR) is 103 cm³/mol. The fourth-order valence-electron chi connectivity index (χ4n) is 4.05. The molecular weight excluding hydrogens is 334 g/mol. The summed E-state index contributed by atoms with van der Waals surface area (Å²) >= 11 is 0. The molecule has 136 valence electrons. The number of hydrogen-bond acceptors (Lipinski definition) is 4. The van der Waals surface area contributed by atoms with Gasteiger partial charge >= 0.3 is 0 Å². The molecule has 4 rings (SSSR count). The average Bonchev–Trinajstić information content (AvgIpc) is 3.43. The molecule has 0 radical (unpaired) electrons. The van der Waals surface area contributed by atoms with E-state index in [0.717, 1.165) is 60.1 Å². The summed E-state index contributed by atoms with van der Waals surface area (Å²) < 4.78 is 16.2. The third kappa shape index (κ3) is 2.96. The number of fused-ring (bicyclic) bond motifs is 1. The van der Waals surface area contributed by atoms with E-state index in [9.17, 15) is 9.32 Å². The topological polar surface area (TPSA) is 65.5 Å². The molecule has 1 aliphatic carbocycles. The molecule has 2 aromatic rings. The number of benzene rings is 1. The maximum Gasteiger partial charge on any atom is 0.218 e. The molecule has 25 heavy (non-hydrogen) atoms. The highest BCUT2D eigenvalue weighted by Crippen LogP contribution is 2.46. The summed E-state index contributed by atoms with van der Waals surface area (Å²) in [7, 11) is -2.75. The maximum absolute atomic E-state index is 14.1. The van der Waals surface area contributed by atoms with E-state index in [-0.39, 0.29) is 11.9 Å². The second-order valence-electron chi connectivity index (χ2n) is 7.46. The molecule has 1 unspecified atom stereocenters. The van der Waals surface area contributed by atoms with E-state index in [4.69, 9.17) is 0 Å². The zero-order valence-corrected chi connectivity index (χ0v) is 15.8. The van der Waals surface area contributed by atoms with Crippen LogP contribution in [0.2, 0.25) is 0 Å². The summed E-state index contributed by atoms with van der Waals surface area (Å²) in [4.78, 5) is 5.05. The Balaban J connectivity index is 1.90. The fourth-order valence-corrected chi connectivity index (χ4v) is 6.71. The van der Waals surface area contributed by atoms with Crippen LogP contribution < -0.4 is 5.32 Å². The summed E-state index contributed by atoms with van der Waals surface area (Å²) in [6.45, 7) is 4.79. The fraction of sp³-hybridized carbons (Fsp3) is 0.526. The van der Waals surface area contributed by atoms with Gasteiger partial charge in [-0.05, 0) is 66.5 Å². The molecule has 2 fully saturated rings. The highest BCUT2D eigenvalue weighted by atomic mass is 32.3. The molecule has 2 aliphatic rings. The minimum Gasteiger partial charge on any atom is -0.493 e. The Bertz CT molecular complexity index is 850. The Morgan fingerprint density at radius 3 is 2.92 bits per heavy atom. The summed E-state index contributed by atoms with van der Waals surface area (Å²) in [5.74, 6) is 0.520. The van der Waals surface area contributed by atoms with Crippen molar-refractivity contribution in [2.24, 2.45) is 0 Å². The molecule has 1 saturated carbocycles. The van der Waals surface area contributed by atoms with Gasteiger partial charge in [-0.15, -0.1) is 0 Å². The molecule has 1 aromatic heterocycles. The molecule has 0 spiro atoms. The standard InChI is InChI=1S/C19H27N3O2S/c1-13-11-20-9-4-10-22(13)25(2,24)17-6-3-5-15-18(17)16(14-7-8-14)12-21-19(15)23/h3,5-6,12-14,20,25H,4,7-11H2,1-2H3,(H,21,23). The molecule has 2 heterocycles. The number of pyridine rings is 1. The lowest BCUT2D eigenvalue weighted by Gasteiger charge is -2.38. The molecule has 0 amide bonds. The third-order valence-electron chi connectivity index (χ3n) is 5.54. The minimum atomic E-state index is -2.75. The number of aromatic nitrogens is 1. The largest absolute Gasteiger partial charge is 0.493 e. The van der Waals surface area contributed by atoms with Crippen LogP contribution in [0.15, 0.2) is 29.3 Å². The molecule has 2 N–H and O–H groups in total. The number of rotatable bonds is 3. The lowest BCUT2D eigenvalue weighted by molar-refractivity contribution is 0.369. The van der Waals surface area contributed by atoms with Crippen molar-refractivity contribution >= 4 is 20.9 Å². The van der Waals surface area contributed by atoms with E-state index in [1.807, 2.05) is 24.5 Å². The van der Waals surface area contributed by atoms with E-state index in [1.165, 1.54) is 0 Å². The van der Waals surface area contributed by atoms with Crippen molar-refractivity contribution in [3.63, 3.8) is 0 Å². The predicted octanol–water partition coefficient (Wildman–Crippen LogP) is 2.42. The van der Waals surface area contributed by atoms with Crippen molar-refractivity contribution in [1.82, 2.24) is 14.6 Å². The molecule has 1 aromatic carbocycles. The Morgan fingerprint density at radius 2 is 2.16 bits per heavy atom. The third-order valence-corrected chi connectivity index (χ3v) is 8.38. The van der Waals surface area contributed by atoms with Crippen LogP contribution in [0.3, 0.4) is 0 Å². The van der Waals surface area contributed by atoms with Crippen LogP contribution in [-0.4, -0.2) is 50.5 Å². The summed E-state index contributed by atoms with van der Waals surface area (Å²) in [6, 6.07) is 5.99. The van der Waals surface area contributed by atoms with Gasteiger partial charge in [-0.2, -0.15) is 0 Å². The van der Waals surface area contributed by atoms with Crippen LogP contribution in [0.1, 0.15) is 37.7 Å². The van der Waals surface area contributed by atoms with Gasteiger partial charge in [-0.3, -0.25) is 4.21 Å². The van der Waals surface area contributed by atoms with E-state index in [1.54, 1.807) is 6.20 Å². The second-order valence-corrected chi connectivity index (χ2v) is 10.2. The Hall–Kier alpha value is -1.50. The van der Waals surface area contributed by atoms with Crippen LogP contribution >= 0.6 is 0 Å². The van der Waals surface area contributed by atoms with E-state index >= 15 is 0 Å². The molecule has 1 aliphatic heterocycles. The van der Waals surface area contributed by atoms with E-state index < -0.39 is 10.1 Å². The SMILES string of the molecule is CC1CNCCCN1[SH](C)(=O)c1cccc2c(O)ncc(C3CC3)c12. The second kappa shape index (κ2) is 6.34. The van der Waals surface area contributed by atoms with Crippen molar-refractivity contribution < 1.29 is 9.32 Å². The maximum atomic E-state index is 14.1. The molecule has 1 saturated heterocycles. The van der Waals surface area contributed by atoms with Gasteiger partial charge in [-0.1, -0.05) is 6.07 Å². The molecule has 6 heteroatoms. The van der Waals surface area contributed by atoms with Crippen LogP contribution in [0.4, 0.5) is 0 Å².